The monoisotopic (exact) mass is 259 g/mol. The number of benzene rings is 1. The Morgan fingerprint density at radius 2 is 2.26 bits per heavy atom. The maximum atomic E-state index is 9.45. The minimum atomic E-state index is 0.110. The van der Waals surface area contributed by atoms with E-state index in [1.807, 2.05) is 16.8 Å². The Bertz CT molecular complexity index is 580. The highest BCUT2D eigenvalue weighted by Crippen LogP contribution is 2.25. The second-order valence-corrected chi connectivity index (χ2v) is 4.98. The first-order chi connectivity index (χ1) is 9.26. The van der Waals surface area contributed by atoms with Gasteiger partial charge >= 0.3 is 0 Å². The molecule has 1 aromatic carbocycles. The van der Waals surface area contributed by atoms with E-state index in [1.165, 1.54) is 0 Å². The molecule has 0 saturated carbocycles. The second kappa shape index (κ2) is 5.01. The molecule has 0 bridgehead atoms. The van der Waals surface area contributed by atoms with Crippen molar-refractivity contribution in [2.45, 2.75) is 31.7 Å². The summed E-state index contributed by atoms with van der Waals surface area (Å²) in [5.74, 6) is 2.01. The number of fused-ring (bicyclic) bond motifs is 1. The largest absolute Gasteiger partial charge is 0.508 e. The van der Waals surface area contributed by atoms with Gasteiger partial charge in [0.05, 0.1) is 6.61 Å². The lowest BCUT2D eigenvalue weighted by atomic mass is 10.0. The fraction of sp³-hybridized carbons (Fsp3) is 0.429. The average molecular weight is 259 g/mol. The summed E-state index contributed by atoms with van der Waals surface area (Å²) in [7, 11) is 0. The van der Waals surface area contributed by atoms with Crippen LogP contribution >= 0.6 is 0 Å². The molecule has 19 heavy (non-hydrogen) atoms. The van der Waals surface area contributed by atoms with Gasteiger partial charge in [-0.25, -0.2) is 9.67 Å². The maximum Gasteiger partial charge on any atom is 0.155 e. The van der Waals surface area contributed by atoms with Crippen LogP contribution in [0, 0.1) is 0 Å². The summed E-state index contributed by atoms with van der Waals surface area (Å²) in [6, 6.07) is 7.14. The number of aromatic nitrogens is 3. The van der Waals surface area contributed by atoms with Crippen molar-refractivity contribution in [3.05, 3.63) is 41.5 Å². The van der Waals surface area contributed by atoms with Crippen LogP contribution in [-0.4, -0.2) is 31.6 Å². The number of hydrogen-bond donors (Lipinski definition) is 2. The number of phenolic OH excluding ortho intramolecular Hbond substituents is 1. The third-order valence-electron chi connectivity index (χ3n) is 3.53. The van der Waals surface area contributed by atoms with Crippen LogP contribution in [0.5, 0.6) is 5.75 Å². The van der Waals surface area contributed by atoms with E-state index in [0.29, 0.717) is 6.42 Å². The van der Waals surface area contributed by atoms with Crippen molar-refractivity contribution < 1.29 is 10.2 Å². The van der Waals surface area contributed by atoms with Crippen molar-refractivity contribution in [3.63, 3.8) is 0 Å². The molecule has 1 aliphatic heterocycles. The van der Waals surface area contributed by atoms with E-state index in [1.54, 1.807) is 12.1 Å². The van der Waals surface area contributed by atoms with Gasteiger partial charge in [-0.3, -0.25) is 0 Å². The highest BCUT2D eigenvalue weighted by molar-refractivity contribution is 5.29. The second-order valence-electron chi connectivity index (χ2n) is 4.98. The van der Waals surface area contributed by atoms with Gasteiger partial charge in [-0.15, -0.1) is 0 Å². The van der Waals surface area contributed by atoms with Crippen molar-refractivity contribution in [1.29, 1.82) is 0 Å². The van der Waals surface area contributed by atoms with Crippen molar-refractivity contribution >= 4 is 0 Å². The molecule has 2 aromatic rings. The number of aromatic hydroxyl groups is 1. The number of nitrogens with zero attached hydrogens (tertiary/aromatic N) is 3. The van der Waals surface area contributed by atoms with Crippen LogP contribution in [0.25, 0.3) is 0 Å². The van der Waals surface area contributed by atoms with Crippen LogP contribution < -0.4 is 0 Å². The van der Waals surface area contributed by atoms with Crippen LogP contribution in [0.4, 0.5) is 0 Å². The van der Waals surface area contributed by atoms with Crippen molar-refractivity contribution in [1.82, 2.24) is 14.8 Å². The third kappa shape index (κ3) is 2.46. The quantitative estimate of drug-likeness (QED) is 0.875. The molecule has 0 spiro atoms. The predicted octanol–water partition coefficient (Wildman–Crippen LogP) is 1.44. The summed E-state index contributed by atoms with van der Waals surface area (Å²) in [5.41, 5.74) is 0.989. The fourth-order valence-electron chi connectivity index (χ4n) is 2.58. The van der Waals surface area contributed by atoms with E-state index < -0.39 is 0 Å². The Morgan fingerprint density at radius 1 is 1.37 bits per heavy atom. The lowest BCUT2D eigenvalue weighted by Gasteiger charge is -2.19. The molecule has 1 atom stereocenters. The van der Waals surface area contributed by atoms with Gasteiger partial charge in [0.15, 0.2) is 5.82 Å². The summed E-state index contributed by atoms with van der Waals surface area (Å²) in [5, 5.41) is 23.3. The molecule has 1 unspecified atom stereocenters. The van der Waals surface area contributed by atoms with E-state index in [4.69, 9.17) is 0 Å². The van der Waals surface area contributed by atoms with E-state index in [-0.39, 0.29) is 18.3 Å². The van der Waals surface area contributed by atoms with Crippen LogP contribution in [-0.2, 0) is 13.0 Å². The number of aryl methyl sites for hydroxylation is 1. The normalized spacial score (nSPS) is 18.3. The standard InChI is InChI=1S/C14H17N3O2/c18-9-11-4-2-6-17-14(11)15-13(16-17)8-10-3-1-5-12(19)7-10/h1,3,5,7,11,18-19H,2,4,6,8-9H2. The van der Waals surface area contributed by atoms with Crippen LogP contribution in [0.2, 0.25) is 0 Å². The van der Waals surface area contributed by atoms with Gasteiger partial charge in [0.1, 0.15) is 11.6 Å². The third-order valence-corrected chi connectivity index (χ3v) is 3.53. The lowest BCUT2D eigenvalue weighted by Crippen LogP contribution is -2.19. The fourth-order valence-corrected chi connectivity index (χ4v) is 2.58. The smallest absolute Gasteiger partial charge is 0.155 e. The van der Waals surface area contributed by atoms with Crippen molar-refractivity contribution in [2.24, 2.45) is 0 Å². The maximum absolute atomic E-state index is 9.45. The van der Waals surface area contributed by atoms with Gasteiger partial charge in [0, 0.05) is 18.9 Å². The molecule has 0 aliphatic carbocycles. The molecule has 2 heterocycles. The highest BCUT2D eigenvalue weighted by atomic mass is 16.3. The minimum Gasteiger partial charge on any atom is -0.508 e. The summed E-state index contributed by atoms with van der Waals surface area (Å²) < 4.78 is 1.91. The Labute approximate surface area is 111 Å². The van der Waals surface area contributed by atoms with E-state index in [9.17, 15) is 10.2 Å². The van der Waals surface area contributed by atoms with E-state index in [0.717, 1.165) is 36.6 Å². The summed E-state index contributed by atoms with van der Waals surface area (Å²) in [6.07, 6.45) is 2.61. The number of aliphatic hydroxyl groups excluding tert-OH is 1. The van der Waals surface area contributed by atoms with Gasteiger partial charge in [-0.1, -0.05) is 12.1 Å². The first-order valence-corrected chi connectivity index (χ1v) is 6.58. The molecule has 3 rings (SSSR count). The van der Waals surface area contributed by atoms with Gasteiger partial charge in [-0.05, 0) is 30.5 Å². The average Bonchev–Trinajstić information content (AvgIpc) is 2.80. The summed E-state index contributed by atoms with van der Waals surface area (Å²) in [4.78, 5) is 4.54. The molecule has 100 valence electrons. The summed E-state index contributed by atoms with van der Waals surface area (Å²) in [6.45, 7) is 1.00. The zero-order valence-corrected chi connectivity index (χ0v) is 10.7. The highest BCUT2D eigenvalue weighted by Gasteiger charge is 2.23. The number of hydrogen-bond acceptors (Lipinski definition) is 4. The van der Waals surface area contributed by atoms with Gasteiger partial charge in [0.25, 0.3) is 0 Å². The molecule has 2 N–H and O–H groups in total. The van der Waals surface area contributed by atoms with Crippen LogP contribution in [0.3, 0.4) is 0 Å². The Hall–Kier alpha value is -1.88. The summed E-state index contributed by atoms with van der Waals surface area (Å²) >= 11 is 0. The zero-order chi connectivity index (χ0) is 13.2. The van der Waals surface area contributed by atoms with Crippen LogP contribution in [0.1, 0.15) is 36.0 Å². The van der Waals surface area contributed by atoms with Crippen molar-refractivity contribution in [3.8, 4) is 5.75 Å². The number of rotatable bonds is 3. The van der Waals surface area contributed by atoms with E-state index in [2.05, 4.69) is 10.1 Å². The molecule has 5 heteroatoms. The molecule has 0 amide bonds. The molecule has 1 aliphatic rings. The first-order valence-electron chi connectivity index (χ1n) is 6.58. The molecule has 0 saturated heterocycles. The topological polar surface area (TPSA) is 71.2 Å². The Morgan fingerprint density at radius 3 is 3.05 bits per heavy atom. The lowest BCUT2D eigenvalue weighted by molar-refractivity contribution is 0.234. The van der Waals surface area contributed by atoms with Crippen LogP contribution in [0.15, 0.2) is 24.3 Å². The zero-order valence-electron chi connectivity index (χ0n) is 10.7. The SMILES string of the molecule is OCC1CCCn2nc(Cc3cccc(O)c3)nc21. The van der Waals surface area contributed by atoms with E-state index >= 15 is 0 Å². The van der Waals surface area contributed by atoms with Gasteiger partial charge < -0.3 is 10.2 Å². The molecule has 5 nitrogen and oxygen atoms in total. The minimum absolute atomic E-state index is 0.110. The molecule has 0 radical (unpaired) electrons. The number of phenols is 1. The first kappa shape index (κ1) is 12.2. The predicted molar refractivity (Wildman–Crippen MR) is 70.0 cm³/mol. The molecule has 1 aromatic heterocycles. The Kier molecular flexibility index (Phi) is 3.21. The molecular weight excluding hydrogens is 242 g/mol. The van der Waals surface area contributed by atoms with Gasteiger partial charge in [-0.2, -0.15) is 5.10 Å². The molecular formula is C14H17N3O2. The Balaban J connectivity index is 1.85. The molecule has 0 fully saturated rings. The number of aliphatic hydroxyl groups is 1. The van der Waals surface area contributed by atoms with Crippen molar-refractivity contribution in [2.75, 3.05) is 6.61 Å². The van der Waals surface area contributed by atoms with Gasteiger partial charge in [0.2, 0.25) is 0 Å².